The van der Waals surface area contributed by atoms with E-state index in [1.165, 1.54) is 6.07 Å². The summed E-state index contributed by atoms with van der Waals surface area (Å²) in [7, 11) is 0. The summed E-state index contributed by atoms with van der Waals surface area (Å²) in [4.78, 5) is 12.3. The molecule has 1 heterocycles. The van der Waals surface area contributed by atoms with Crippen LogP contribution in [0, 0.1) is 5.92 Å². The number of nitrogens with one attached hydrogen (secondary N) is 3. The average molecular weight is 327 g/mol. The largest absolute Gasteiger partial charge is 0.416 e. The standard InChI is InChI=1S/C16H20F3N3O/c1-8-14(9(2)22-21-8)20-15(23)13-7-12(13)10-4-3-5-11(6-10)16(17,18)19/h3-6,8-9,12-14,21-22H,7H2,1-2H3,(H,20,23). The topological polar surface area (TPSA) is 53.2 Å². The third-order valence-electron chi connectivity index (χ3n) is 4.69. The van der Waals surface area contributed by atoms with E-state index >= 15 is 0 Å². The highest BCUT2D eigenvalue weighted by molar-refractivity contribution is 5.83. The predicted octanol–water partition coefficient (Wildman–Crippen LogP) is 2.18. The number of benzene rings is 1. The van der Waals surface area contributed by atoms with Gasteiger partial charge in [-0.15, -0.1) is 0 Å². The molecular weight excluding hydrogens is 307 g/mol. The highest BCUT2D eigenvalue weighted by atomic mass is 19.4. The number of rotatable bonds is 3. The van der Waals surface area contributed by atoms with Crippen LogP contribution in [0.1, 0.15) is 37.3 Å². The van der Waals surface area contributed by atoms with E-state index in [4.69, 9.17) is 0 Å². The van der Waals surface area contributed by atoms with Crippen molar-refractivity contribution < 1.29 is 18.0 Å². The summed E-state index contributed by atoms with van der Waals surface area (Å²) in [6, 6.07) is 5.48. The Morgan fingerprint density at radius 2 is 1.87 bits per heavy atom. The number of hydrogen-bond donors (Lipinski definition) is 3. The van der Waals surface area contributed by atoms with Crippen LogP contribution in [0.3, 0.4) is 0 Å². The zero-order chi connectivity index (χ0) is 16.8. The monoisotopic (exact) mass is 327 g/mol. The fourth-order valence-electron chi connectivity index (χ4n) is 3.20. The minimum atomic E-state index is -4.35. The molecule has 1 saturated heterocycles. The Morgan fingerprint density at radius 1 is 1.22 bits per heavy atom. The fraction of sp³-hybridized carbons (Fsp3) is 0.562. The van der Waals surface area contributed by atoms with Gasteiger partial charge in [0.1, 0.15) is 0 Å². The van der Waals surface area contributed by atoms with Crippen LogP contribution < -0.4 is 16.2 Å². The van der Waals surface area contributed by atoms with Crippen molar-refractivity contribution in [3.05, 3.63) is 35.4 Å². The Kier molecular flexibility index (Phi) is 4.10. The third kappa shape index (κ3) is 3.35. The molecule has 3 N–H and O–H groups in total. The maximum atomic E-state index is 12.8. The normalized spacial score (nSPS) is 33.5. The van der Waals surface area contributed by atoms with Gasteiger partial charge in [0, 0.05) is 18.0 Å². The van der Waals surface area contributed by atoms with Crippen molar-refractivity contribution in [2.24, 2.45) is 5.92 Å². The van der Waals surface area contributed by atoms with Crippen LogP contribution in [0.5, 0.6) is 0 Å². The van der Waals surface area contributed by atoms with Crippen LogP contribution in [-0.4, -0.2) is 24.0 Å². The molecule has 1 aromatic carbocycles. The molecule has 1 aromatic rings. The lowest BCUT2D eigenvalue weighted by atomic mass is 10.0. The van der Waals surface area contributed by atoms with Crippen molar-refractivity contribution in [3.8, 4) is 0 Å². The van der Waals surface area contributed by atoms with E-state index in [0.29, 0.717) is 12.0 Å². The second kappa shape index (κ2) is 5.79. The van der Waals surface area contributed by atoms with Gasteiger partial charge in [-0.3, -0.25) is 15.6 Å². The molecule has 4 atom stereocenters. The van der Waals surface area contributed by atoms with E-state index < -0.39 is 11.7 Å². The van der Waals surface area contributed by atoms with E-state index in [9.17, 15) is 18.0 Å². The van der Waals surface area contributed by atoms with Gasteiger partial charge >= 0.3 is 6.18 Å². The number of alkyl halides is 3. The summed E-state index contributed by atoms with van der Waals surface area (Å²) in [5.41, 5.74) is 6.05. The Bertz CT molecular complexity index is 594. The summed E-state index contributed by atoms with van der Waals surface area (Å²) >= 11 is 0. The summed E-state index contributed by atoms with van der Waals surface area (Å²) in [5, 5.41) is 3.00. The van der Waals surface area contributed by atoms with Crippen molar-refractivity contribution >= 4 is 5.91 Å². The number of carbonyl (C=O) groups is 1. The van der Waals surface area contributed by atoms with Gasteiger partial charge in [-0.25, -0.2) is 0 Å². The van der Waals surface area contributed by atoms with Gasteiger partial charge < -0.3 is 5.32 Å². The molecule has 4 nitrogen and oxygen atoms in total. The third-order valence-corrected chi connectivity index (χ3v) is 4.69. The first-order chi connectivity index (χ1) is 10.8. The summed E-state index contributed by atoms with van der Waals surface area (Å²) in [6.07, 6.45) is -3.75. The number of carbonyl (C=O) groups excluding carboxylic acids is 1. The first-order valence-corrected chi connectivity index (χ1v) is 7.76. The second-order valence-electron chi connectivity index (χ2n) is 6.47. The van der Waals surface area contributed by atoms with Crippen molar-refractivity contribution in [2.45, 2.75) is 50.5 Å². The number of halogens is 3. The summed E-state index contributed by atoms with van der Waals surface area (Å²) in [6.45, 7) is 3.94. The van der Waals surface area contributed by atoms with Gasteiger partial charge in [0.15, 0.2) is 0 Å². The molecule has 1 saturated carbocycles. The first-order valence-electron chi connectivity index (χ1n) is 7.76. The Hall–Kier alpha value is -1.60. The molecule has 23 heavy (non-hydrogen) atoms. The van der Waals surface area contributed by atoms with Crippen LogP contribution in [0.15, 0.2) is 24.3 Å². The van der Waals surface area contributed by atoms with Crippen molar-refractivity contribution in [1.29, 1.82) is 0 Å². The van der Waals surface area contributed by atoms with E-state index in [2.05, 4.69) is 16.2 Å². The summed E-state index contributed by atoms with van der Waals surface area (Å²) < 4.78 is 38.3. The van der Waals surface area contributed by atoms with Crippen molar-refractivity contribution in [3.63, 3.8) is 0 Å². The molecule has 1 aliphatic carbocycles. The van der Waals surface area contributed by atoms with Gasteiger partial charge in [-0.2, -0.15) is 13.2 Å². The van der Waals surface area contributed by atoms with Crippen molar-refractivity contribution in [1.82, 2.24) is 16.2 Å². The summed E-state index contributed by atoms with van der Waals surface area (Å²) in [5.74, 6) is -0.440. The zero-order valence-electron chi connectivity index (χ0n) is 12.9. The molecule has 3 rings (SSSR count). The first kappa shape index (κ1) is 16.3. The molecule has 7 heteroatoms. The molecule has 2 aliphatic rings. The SMILES string of the molecule is CC1NNC(C)C1NC(=O)C1CC1c1cccc(C(F)(F)F)c1. The van der Waals surface area contributed by atoms with Crippen LogP contribution in [0.4, 0.5) is 13.2 Å². The molecule has 126 valence electrons. The zero-order valence-corrected chi connectivity index (χ0v) is 12.9. The van der Waals surface area contributed by atoms with Crippen LogP contribution in [0.25, 0.3) is 0 Å². The molecule has 0 bridgehead atoms. The van der Waals surface area contributed by atoms with E-state index in [1.807, 2.05) is 13.8 Å². The molecule has 0 spiro atoms. The van der Waals surface area contributed by atoms with Gasteiger partial charge in [-0.05, 0) is 37.8 Å². The van der Waals surface area contributed by atoms with Gasteiger partial charge in [0.05, 0.1) is 11.6 Å². The molecule has 1 aliphatic heterocycles. The number of hydrazine groups is 1. The lowest BCUT2D eigenvalue weighted by molar-refractivity contribution is -0.137. The maximum Gasteiger partial charge on any atom is 0.416 e. The van der Waals surface area contributed by atoms with Crippen molar-refractivity contribution in [2.75, 3.05) is 0 Å². The average Bonchev–Trinajstić information content (AvgIpc) is 3.24. The Labute approximate surface area is 132 Å². The molecular formula is C16H20F3N3O. The van der Waals surface area contributed by atoms with E-state index in [1.54, 1.807) is 6.07 Å². The fourth-order valence-corrected chi connectivity index (χ4v) is 3.20. The molecule has 0 aromatic heterocycles. The van der Waals surface area contributed by atoms with Gasteiger partial charge in [0.2, 0.25) is 5.91 Å². The number of amides is 1. The van der Waals surface area contributed by atoms with E-state index in [0.717, 1.165) is 12.1 Å². The maximum absolute atomic E-state index is 12.8. The van der Waals surface area contributed by atoms with Gasteiger partial charge in [0.25, 0.3) is 0 Å². The van der Waals surface area contributed by atoms with Crippen LogP contribution in [-0.2, 0) is 11.0 Å². The van der Waals surface area contributed by atoms with Crippen LogP contribution >= 0.6 is 0 Å². The minimum absolute atomic E-state index is 0.0229. The van der Waals surface area contributed by atoms with E-state index in [-0.39, 0.29) is 35.9 Å². The molecule has 1 amide bonds. The Balaban J connectivity index is 1.64. The quantitative estimate of drug-likeness (QED) is 0.798. The van der Waals surface area contributed by atoms with Gasteiger partial charge in [-0.1, -0.05) is 18.2 Å². The smallest absolute Gasteiger partial charge is 0.350 e. The predicted molar refractivity (Wildman–Crippen MR) is 79.4 cm³/mol. The molecule has 0 radical (unpaired) electrons. The second-order valence-corrected chi connectivity index (χ2v) is 6.47. The molecule has 4 unspecified atom stereocenters. The Morgan fingerprint density at radius 3 is 2.48 bits per heavy atom. The highest BCUT2D eigenvalue weighted by Gasteiger charge is 2.46. The molecule has 2 fully saturated rings. The lowest BCUT2D eigenvalue weighted by Gasteiger charge is -2.19. The minimum Gasteiger partial charge on any atom is -0.350 e. The lowest BCUT2D eigenvalue weighted by Crippen LogP contribution is -2.47. The van der Waals surface area contributed by atoms with Crippen LogP contribution in [0.2, 0.25) is 0 Å². The highest BCUT2D eigenvalue weighted by Crippen LogP contribution is 2.48. The number of hydrogen-bond acceptors (Lipinski definition) is 3.